The number of hydrogen-bond donors (Lipinski definition) is 0. The molecule has 4 aromatic heterocycles. The number of aryl methyl sites for hydroxylation is 1. The zero-order valence-electron chi connectivity index (χ0n) is 24.2. The topological polar surface area (TPSA) is 92.9 Å². The van der Waals surface area contributed by atoms with Gasteiger partial charge in [0.2, 0.25) is 0 Å². The molecule has 0 bridgehead atoms. The van der Waals surface area contributed by atoms with Crippen LogP contribution in [0, 0.1) is 12.3 Å². The van der Waals surface area contributed by atoms with Crippen LogP contribution < -0.4 is 4.90 Å². The van der Waals surface area contributed by atoms with Crippen molar-refractivity contribution in [2.45, 2.75) is 45.2 Å². The normalized spacial score (nSPS) is 17.4. The van der Waals surface area contributed by atoms with Crippen molar-refractivity contribution in [3.8, 4) is 16.9 Å². The first-order valence-corrected chi connectivity index (χ1v) is 14.4. The van der Waals surface area contributed by atoms with E-state index in [4.69, 9.17) is 0 Å². The van der Waals surface area contributed by atoms with Crippen molar-refractivity contribution < 1.29 is 18.0 Å². The molecule has 2 fully saturated rings. The monoisotopic (exact) mass is 590 g/mol. The number of alkyl halides is 3. The van der Waals surface area contributed by atoms with Crippen LogP contribution in [0.4, 0.5) is 18.9 Å². The molecule has 2 saturated heterocycles. The van der Waals surface area contributed by atoms with Crippen LogP contribution in [0.15, 0.2) is 55.2 Å². The van der Waals surface area contributed by atoms with Gasteiger partial charge in [-0.05, 0) is 88.0 Å². The van der Waals surface area contributed by atoms with Crippen molar-refractivity contribution in [2.75, 3.05) is 38.1 Å². The number of carbonyl (C=O) groups is 1. The average Bonchev–Trinajstić information content (AvgIpc) is 3.50. The number of anilines is 1. The van der Waals surface area contributed by atoms with Crippen LogP contribution in [-0.2, 0) is 12.6 Å². The van der Waals surface area contributed by atoms with Crippen molar-refractivity contribution in [1.29, 1.82) is 0 Å². The Morgan fingerprint density at radius 3 is 2.47 bits per heavy atom. The third kappa shape index (κ3) is 6.29. The van der Waals surface area contributed by atoms with Gasteiger partial charge in [-0.3, -0.25) is 19.7 Å². The van der Waals surface area contributed by atoms with Gasteiger partial charge in [0.1, 0.15) is 11.4 Å². The molecule has 224 valence electrons. The predicted octanol–water partition coefficient (Wildman–Crippen LogP) is 5.18. The van der Waals surface area contributed by atoms with Gasteiger partial charge in [0.15, 0.2) is 5.78 Å². The maximum atomic E-state index is 13.1. The van der Waals surface area contributed by atoms with Gasteiger partial charge in [-0.2, -0.15) is 13.2 Å². The van der Waals surface area contributed by atoms with Crippen molar-refractivity contribution in [2.24, 2.45) is 5.41 Å². The van der Waals surface area contributed by atoms with Crippen molar-refractivity contribution in [3.05, 3.63) is 77.8 Å². The number of rotatable bonds is 6. The second kappa shape index (κ2) is 11.5. The summed E-state index contributed by atoms with van der Waals surface area (Å²) in [6, 6.07) is 5.45. The maximum Gasteiger partial charge on any atom is 0.416 e. The summed E-state index contributed by atoms with van der Waals surface area (Å²) in [5.74, 6) is -0.538. The molecule has 6 heterocycles. The highest BCUT2D eigenvalue weighted by molar-refractivity contribution is 5.95. The first-order valence-electron chi connectivity index (χ1n) is 14.4. The Morgan fingerprint density at radius 2 is 1.72 bits per heavy atom. The Kier molecular flexibility index (Phi) is 7.72. The van der Waals surface area contributed by atoms with E-state index in [0.717, 1.165) is 42.7 Å². The molecule has 9 nitrogen and oxygen atoms in total. The van der Waals surface area contributed by atoms with Crippen LogP contribution in [0.2, 0.25) is 0 Å². The molecule has 1 spiro atoms. The van der Waals surface area contributed by atoms with E-state index in [9.17, 15) is 18.0 Å². The summed E-state index contributed by atoms with van der Waals surface area (Å²) in [7, 11) is 2.20. The molecule has 4 aromatic rings. The zero-order chi connectivity index (χ0) is 30.2. The molecular weight excluding hydrogens is 557 g/mol. The highest BCUT2D eigenvalue weighted by Gasteiger charge is 2.37. The lowest BCUT2D eigenvalue weighted by atomic mass is 9.71. The molecule has 2 aliphatic heterocycles. The van der Waals surface area contributed by atoms with E-state index < -0.39 is 17.5 Å². The van der Waals surface area contributed by atoms with Crippen LogP contribution >= 0.6 is 0 Å². The minimum atomic E-state index is -4.56. The van der Waals surface area contributed by atoms with Crippen LogP contribution in [-0.4, -0.2) is 73.9 Å². The first-order chi connectivity index (χ1) is 20.6. The van der Waals surface area contributed by atoms with E-state index in [1.165, 1.54) is 45.0 Å². The van der Waals surface area contributed by atoms with Gasteiger partial charge in [-0.25, -0.2) is 4.68 Å². The first kappa shape index (κ1) is 28.9. The fourth-order valence-corrected chi connectivity index (χ4v) is 6.01. The van der Waals surface area contributed by atoms with E-state index >= 15 is 0 Å². The summed E-state index contributed by atoms with van der Waals surface area (Å²) >= 11 is 0. The summed E-state index contributed by atoms with van der Waals surface area (Å²) < 4.78 is 40.9. The summed E-state index contributed by atoms with van der Waals surface area (Å²) in [6.07, 6.45) is 8.18. The molecule has 12 heteroatoms. The second-order valence-electron chi connectivity index (χ2n) is 11.7. The highest BCUT2D eigenvalue weighted by Crippen LogP contribution is 2.42. The van der Waals surface area contributed by atoms with Gasteiger partial charge >= 0.3 is 6.18 Å². The van der Waals surface area contributed by atoms with Crippen LogP contribution in [0.1, 0.15) is 53.0 Å². The maximum absolute atomic E-state index is 13.1. The summed E-state index contributed by atoms with van der Waals surface area (Å²) in [5.41, 5.74) is 3.66. The number of aromatic nitrogens is 6. The smallest absolute Gasteiger partial charge is 0.370 e. The van der Waals surface area contributed by atoms with E-state index in [1.807, 2.05) is 13.1 Å². The molecule has 0 amide bonds. The Morgan fingerprint density at radius 1 is 0.977 bits per heavy atom. The summed E-state index contributed by atoms with van der Waals surface area (Å²) in [6.45, 7) is 6.18. The van der Waals surface area contributed by atoms with Gasteiger partial charge in [0.05, 0.1) is 35.0 Å². The van der Waals surface area contributed by atoms with Crippen LogP contribution in [0.5, 0.6) is 0 Å². The lowest BCUT2D eigenvalue weighted by Crippen LogP contribution is -2.46. The molecule has 0 aliphatic carbocycles. The highest BCUT2D eigenvalue weighted by atomic mass is 19.4. The Balaban J connectivity index is 1.16. The van der Waals surface area contributed by atoms with Gasteiger partial charge < -0.3 is 9.80 Å². The number of Topliss-reactive ketones (excluding diaryl/α,β-unsaturated/α-hetero) is 1. The quantitative estimate of drug-likeness (QED) is 0.284. The summed E-state index contributed by atoms with van der Waals surface area (Å²) in [4.78, 5) is 30.3. The molecule has 0 aromatic carbocycles. The fraction of sp³-hybridized carbons (Fsp3) is 0.419. The average molecular weight is 591 g/mol. The Hall–Kier alpha value is -4.19. The Labute approximate surface area is 247 Å². The minimum absolute atomic E-state index is 0.157. The number of piperidine rings is 2. The standard InChI is InChI=1S/C31H33F3N8O/c1-21-28(13-22(17-37-21)14-29(43)26-16-24(3-8-36-26)31(32,33)34)42-20-27(38-39-42)23-15-25(19-35-18-23)41-11-6-30(7-12-41)4-9-40(2)10-5-30/h3,8,13,15-20H,4-7,9-12,14H2,1-2H3. The third-order valence-electron chi connectivity index (χ3n) is 8.85. The molecule has 0 atom stereocenters. The third-order valence-corrected chi connectivity index (χ3v) is 8.85. The van der Waals surface area contributed by atoms with Crippen molar-refractivity contribution in [1.82, 2.24) is 34.8 Å². The van der Waals surface area contributed by atoms with Gasteiger partial charge in [-0.1, -0.05) is 5.21 Å². The number of likely N-dealkylation sites (tertiary alicyclic amines) is 1. The van der Waals surface area contributed by atoms with Gasteiger partial charge in [-0.15, -0.1) is 5.10 Å². The summed E-state index contributed by atoms with van der Waals surface area (Å²) in [5, 5.41) is 8.68. The van der Waals surface area contributed by atoms with E-state index in [0.29, 0.717) is 28.1 Å². The molecule has 43 heavy (non-hydrogen) atoms. The molecular formula is C31H33F3N8O. The van der Waals surface area contributed by atoms with E-state index in [2.05, 4.69) is 48.2 Å². The van der Waals surface area contributed by atoms with E-state index in [1.54, 1.807) is 23.1 Å². The zero-order valence-corrected chi connectivity index (χ0v) is 24.2. The van der Waals surface area contributed by atoms with Crippen LogP contribution in [0.25, 0.3) is 16.9 Å². The minimum Gasteiger partial charge on any atom is -0.370 e. The largest absolute Gasteiger partial charge is 0.416 e. The number of pyridine rings is 3. The van der Waals surface area contributed by atoms with E-state index in [-0.39, 0.29) is 12.1 Å². The SMILES string of the molecule is Cc1ncc(CC(=O)c2cc(C(F)(F)F)ccn2)cc1-n1cc(-c2cncc(N3CCC4(CCN(C)CC4)CC3)c2)nn1. The van der Waals surface area contributed by atoms with Crippen molar-refractivity contribution in [3.63, 3.8) is 0 Å². The van der Waals surface area contributed by atoms with Crippen LogP contribution in [0.3, 0.4) is 0 Å². The molecule has 6 rings (SSSR count). The molecule has 0 saturated carbocycles. The van der Waals surface area contributed by atoms with Gasteiger partial charge in [0.25, 0.3) is 0 Å². The molecule has 0 radical (unpaired) electrons. The second-order valence-corrected chi connectivity index (χ2v) is 11.7. The number of halogens is 3. The molecule has 0 unspecified atom stereocenters. The fourth-order valence-electron chi connectivity index (χ4n) is 6.01. The van der Waals surface area contributed by atoms with Gasteiger partial charge in [0, 0.05) is 43.7 Å². The van der Waals surface area contributed by atoms with Crippen molar-refractivity contribution >= 4 is 11.5 Å². The number of nitrogens with zero attached hydrogens (tertiary/aromatic N) is 8. The lowest BCUT2D eigenvalue weighted by Gasteiger charge is -2.46. The molecule has 2 aliphatic rings. The lowest BCUT2D eigenvalue weighted by molar-refractivity contribution is -0.137. The number of carbonyl (C=O) groups excluding carboxylic acids is 1. The number of hydrogen-bond acceptors (Lipinski definition) is 8. The molecule has 0 N–H and O–H groups in total. The Bertz CT molecular complexity index is 1620. The number of ketones is 1. The predicted molar refractivity (Wildman–Crippen MR) is 155 cm³/mol.